The molecule has 1 heterocycles. The van der Waals surface area contributed by atoms with Gasteiger partial charge < -0.3 is 5.32 Å². The highest BCUT2D eigenvalue weighted by molar-refractivity contribution is 5.92. The Bertz CT molecular complexity index is 731. The predicted octanol–water partition coefficient (Wildman–Crippen LogP) is 2.29. The monoisotopic (exact) mass is 297 g/mol. The molecule has 114 valence electrons. The van der Waals surface area contributed by atoms with Crippen molar-refractivity contribution in [1.82, 2.24) is 15.1 Å². The number of carbonyl (C=O) groups excluding carboxylic acids is 1. The summed E-state index contributed by atoms with van der Waals surface area (Å²) in [4.78, 5) is 24.4. The smallest absolute Gasteiger partial charge is 0.272 e. The fourth-order valence-corrected chi connectivity index (χ4v) is 2.90. The lowest BCUT2D eigenvalue weighted by molar-refractivity contribution is 0.0901. The van der Waals surface area contributed by atoms with Crippen molar-refractivity contribution in [3.8, 4) is 5.69 Å². The maximum atomic E-state index is 12.4. The molecule has 1 amide bonds. The van der Waals surface area contributed by atoms with Crippen molar-refractivity contribution in [2.75, 3.05) is 0 Å². The summed E-state index contributed by atoms with van der Waals surface area (Å²) in [6.07, 6.45) is 4.23. The number of para-hydroxylation sites is 1. The second-order valence-electron chi connectivity index (χ2n) is 6.03. The number of nitrogens with one attached hydrogen (secondary N) is 1. The summed E-state index contributed by atoms with van der Waals surface area (Å²) >= 11 is 0. The van der Waals surface area contributed by atoms with E-state index in [1.807, 2.05) is 18.2 Å². The molecule has 2 aromatic rings. The second-order valence-corrected chi connectivity index (χ2v) is 6.03. The fourth-order valence-electron chi connectivity index (χ4n) is 2.90. The average Bonchev–Trinajstić information content (AvgIpc) is 2.94. The van der Waals surface area contributed by atoms with Crippen LogP contribution in [0.15, 0.2) is 47.3 Å². The molecule has 1 aromatic carbocycles. The topological polar surface area (TPSA) is 64.0 Å². The third kappa shape index (κ3) is 2.93. The normalized spacial score (nSPS) is 16.4. The number of carbonyl (C=O) groups is 1. The number of hydrogen-bond acceptors (Lipinski definition) is 3. The van der Waals surface area contributed by atoms with Gasteiger partial charge in [-0.25, -0.2) is 0 Å². The molecule has 1 fully saturated rings. The quantitative estimate of drug-likeness (QED) is 0.945. The first-order chi connectivity index (χ1) is 10.6. The van der Waals surface area contributed by atoms with Crippen LogP contribution in [0.2, 0.25) is 0 Å². The van der Waals surface area contributed by atoms with E-state index in [9.17, 15) is 9.59 Å². The van der Waals surface area contributed by atoms with Crippen molar-refractivity contribution in [2.24, 2.45) is 0 Å². The molecule has 1 aliphatic carbocycles. The van der Waals surface area contributed by atoms with E-state index in [0.717, 1.165) is 25.7 Å². The third-order valence-electron chi connectivity index (χ3n) is 4.16. The van der Waals surface area contributed by atoms with Crippen molar-refractivity contribution < 1.29 is 4.79 Å². The lowest BCUT2D eigenvalue weighted by atomic mass is 10.0. The van der Waals surface area contributed by atoms with Gasteiger partial charge in [-0.05, 0) is 38.0 Å². The van der Waals surface area contributed by atoms with E-state index in [1.54, 1.807) is 12.1 Å². The van der Waals surface area contributed by atoms with Crippen LogP contribution >= 0.6 is 0 Å². The zero-order valence-corrected chi connectivity index (χ0v) is 12.6. The Labute approximate surface area is 129 Å². The average molecular weight is 297 g/mol. The Morgan fingerprint density at radius 3 is 2.50 bits per heavy atom. The number of rotatable bonds is 3. The number of benzene rings is 1. The van der Waals surface area contributed by atoms with Crippen LogP contribution in [-0.4, -0.2) is 21.2 Å². The molecule has 0 atom stereocenters. The summed E-state index contributed by atoms with van der Waals surface area (Å²) in [5.74, 6) is -0.228. The van der Waals surface area contributed by atoms with Crippen molar-refractivity contribution in [3.63, 3.8) is 0 Å². The molecule has 1 N–H and O–H groups in total. The number of aromatic nitrogens is 2. The lowest BCUT2D eigenvalue weighted by Gasteiger charge is -2.25. The van der Waals surface area contributed by atoms with Gasteiger partial charge in [-0.3, -0.25) is 9.59 Å². The molecule has 1 aromatic heterocycles. The van der Waals surface area contributed by atoms with Gasteiger partial charge in [-0.15, -0.1) is 0 Å². The molecular formula is C17H19N3O2. The largest absolute Gasteiger partial charge is 0.345 e. The molecule has 0 saturated heterocycles. The van der Waals surface area contributed by atoms with Crippen molar-refractivity contribution in [3.05, 3.63) is 58.5 Å². The van der Waals surface area contributed by atoms with Gasteiger partial charge in [0, 0.05) is 11.6 Å². The molecule has 1 aliphatic rings. The molecular weight excluding hydrogens is 278 g/mol. The zero-order chi connectivity index (χ0) is 15.6. The van der Waals surface area contributed by atoms with Crippen LogP contribution < -0.4 is 10.9 Å². The Balaban J connectivity index is 1.89. The first kappa shape index (κ1) is 14.5. The molecule has 5 heteroatoms. The van der Waals surface area contributed by atoms with Gasteiger partial charge in [0.2, 0.25) is 0 Å². The van der Waals surface area contributed by atoms with E-state index in [2.05, 4.69) is 17.3 Å². The molecule has 22 heavy (non-hydrogen) atoms. The van der Waals surface area contributed by atoms with Gasteiger partial charge in [0.15, 0.2) is 0 Å². The molecule has 0 unspecified atom stereocenters. The highest BCUT2D eigenvalue weighted by atomic mass is 16.2. The van der Waals surface area contributed by atoms with Crippen LogP contribution in [0.25, 0.3) is 5.69 Å². The van der Waals surface area contributed by atoms with Crippen molar-refractivity contribution in [1.29, 1.82) is 0 Å². The van der Waals surface area contributed by atoms with Crippen LogP contribution in [0.5, 0.6) is 0 Å². The van der Waals surface area contributed by atoms with Crippen LogP contribution in [0.4, 0.5) is 0 Å². The van der Waals surface area contributed by atoms with E-state index in [0.29, 0.717) is 5.69 Å². The Morgan fingerprint density at radius 2 is 1.82 bits per heavy atom. The molecule has 3 rings (SSSR count). The van der Waals surface area contributed by atoms with Crippen LogP contribution in [0, 0.1) is 0 Å². The minimum absolute atomic E-state index is 0.160. The van der Waals surface area contributed by atoms with Gasteiger partial charge in [0.25, 0.3) is 11.5 Å². The minimum atomic E-state index is -0.255. The summed E-state index contributed by atoms with van der Waals surface area (Å²) in [7, 11) is 0. The molecule has 0 spiro atoms. The van der Waals surface area contributed by atoms with E-state index >= 15 is 0 Å². The maximum Gasteiger partial charge on any atom is 0.272 e. The maximum absolute atomic E-state index is 12.4. The molecule has 0 aliphatic heterocycles. The van der Waals surface area contributed by atoms with Gasteiger partial charge in [-0.2, -0.15) is 9.78 Å². The van der Waals surface area contributed by atoms with E-state index in [-0.39, 0.29) is 22.7 Å². The van der Waals surface area contributed by atoms with Crippen molar-refractivity contribution >= 4 is 5.91 Å². The highest BCUT2D eigenvalue weighted by Crippen LogP contribution is 2.29. The van der Waals surface area contributed by atoms with Gasteiger partial charge in [-0.1, -0.05) is 31.0 Å². The molecule has 0 bridgehead atoms. The van der Waals surface area contributed by atoms with Crippen LogP contribution in [-0.2, 0) is 0 Å². The number of amides is 1. The zero-order valence-electron chi connectivity index (χ0n) is 12.6. The lowest BCUT2D eigenvalue weighted by Crippen LogP contribution is -2.44. The van der Waals surface area contributed by atoms with Gasteiger partial charge >= 0.3 is 0 Å². The minimum Gasteiger partial charge on any atom is -0.345 e. The highest BCUT2D eigenvalue weighted by Gasteiger charge is 2.30. The van der Waals surface area contributed by atoms with Crippen molar-refractivity contribution in [2.45, 2.75) is 38.1 Å². The van der Waals surface area contributed by atoms with E-state index < -0.39 is 0 Å². The Hall–Kier alpha value is -2.43. The van der Waals surface area contributed by atoms with Crippen LogP contribution in [0.1, 0.15) is 43.1 Å². The predicted molar refractivity (Wildman–Crippen MR) is 84.2 cm³/mol. The SMILES string of the molecule is CC1(NC(=O)c2ccc(=O)n(-c3ccccc3)n2)CCCC1. The standard InChI is InChI=1S/C17H19N3O2/c1-17(11-5-6-12-17)18-16(22)14-9-10-15(21)20(19-14)13-7-3-2-4-8-13/h2-4,7-10H,5-6,11-12H2,1H3,(H,18,22). The second kappa shape index (κ2) is 5.75. The molecule has 1 saturated carbocycles. The van der Waals surface area contributed by atoms with Gasteiger partial charge in [0.05, 0.1) is 5.69 Å². The Kier molecular flexibility index (Phi) is 3.79. The summed E-state index contributed by atoms with van der Waals surface area (Å²) in [6, 6.07) is 12.0. The fraction of sp³-hybridized carbons (Fsp3) is 0.353. The Morgan fingerprint density at radius 1 is 1.14 bits per heavy atom. The summed E-state index contributed by atoms with van der Waals surface area (Å²) in [6.45, 7) is 2.06. The first-order valence-corrected chi connectivity index (χ1v) is 7.56. The first-order valence-electron chi connectivity index (χ1n) is 7.56. The van der Waals surface area contributed by atoms with Gasteiger partial charge in [0.1, 0.15) is 5.69 Å². The van der Waals surface area contributed by atoms with Crippen LogP contribution in [0.3, 0.4) is 0 Å². The summed E-state index contributed by atoms with van der Waals surface area (Å²) in [5.41, 5.74) is 0.493. The van der Waals surface area contributed by atoms with E-state index in [4.69, 9.17) is 0 Å². The summed E-state index contributed by atoms with van der Waals surface area (Å²) in [5, 5.41) is 7.26. The molecule has 5 nitrogen and oxygen atoms in total. The summed E-state index contributed by atoms with van der Waals surface area (Å²) < 4.78 is 1.26. The van der Waals surface area contributed by atoms with E-state index in [1.165, 1.54) is 16.8 Å². The molecule has 0 radical (unpaired) electrons. The number of hydrogen-bond donors (Lipinski definition) is 1. The number of nitrogens with zero attached hydrogens (tertiary/aromatic N) is 2. The third-order valence-corrected chi connectivity index (χ3v) is 4.16.